The highest BCUT2D eigenvalue weighted by atomic mass is 16.2. The Morgan fingerprint density at radius 2 is 2.24 bits per heavy atom. The van der Waals surface area contributed by atoms with E-state index in [2.05, 4.69) is 20.4 Å². The summed E-state index contributed by atoms with van der Waals surface area (Å²) in [6.45, 7) is 2.40. The van der Waals surface area contributed by atoms with Gasteiger partial charge in [0.1, 0.15) is 6.54 Å². The maximum absolute atomic E-state index is 12.5. The maximum atomic E-state index is 12.5. The van der Waals surface area contributed by atoms with Crippen LogP contribution >= 0.6 is 0 Å². The number of hydrogen-bond donors (Lipinski definition) is 1. The van der Waals surface area contributed by atoms with Crippen LogP contribution in [0.4, 0.5) is 5.69 Å². The molecular formula is C17H23N7O. The fraction of sp³-hybridized carbons (Fsp3) is 0.412. The number of anilines is 1. The molecule has 3 heterocycles. The van der Waals surface area contributed by atoms with Crippen molar-refractivity contribution < 1.29 is 4.79 Å². The first-order valence-electron chi connectivity index (χ1n) is 8.31. The lowest BCUT2D eigenvalue weighted by Crippen LogP contribution is -2.55. The van der Waals surface area contributed by atoms with Gasteiger partial charge >= 0.3 is 0 Å². The monoisotopic (exact) mass is 341 g/mol. The van der Waals surface area contributed by atoms with E-state index in [9.17, 15) is 4.79 Å². The summed E-state index contributed by atoms with van der Waals surface area (Å²) in [5, 5.41) is 7.46. The first-order valence-corrected chi connectivity index (χ1v) is 8.31. The van der Waals surface area contributed by atoms with Crippen LogP contribution in [0, 0.1) is 0 Å². The number of aryl methyl sites for hydroxylation is 1. The van der Waals surface area contributed by atoms with Crippen molar-refractivity contribution >= 4 is 17.6 Å². The third-order valence-corrected chi connectivity index (χ3v) is 4.15. The van der Waals surface area contributed by atoms with Gasteiger partial charge in [-0.05, 0) is 18.1 Å². The Kier molecular flexibility index (Phi) is 5.27. The summed E-state index contributed by atoms with van der Waals surface area (Å²) in [7, 11) is 3.59. The van der Waals surface area contributed by atoms with Crippen LogP contribution in [0.25, 0.3) is 0 Å². The zero-order chi connectivity index (χ0) is 17.6. The van der Waals surface area contributed by atoms with Crippen LogP contribution in [0.1, 0.15) is 5.56 Å². The highest BCUT2D eigenvalue weighted by Gasteiger charge is 2.27. The molecule has 0 radical (unpaired) electrons. The minimum Gasteiger partial charge on any atom is -0.356 e. The van der Waals surface area contributed by atoms with E-state index < -0.39 is 0 Å². The van der Waals surface area contributed by atoms with Gasteiger partial charge in [-0.3, -0.25) is 19.5 Å². The first kappa shape index (κ1) is 16.9. The Morgan fingerprint density at radius 3 is 2.88 bits per heavy atom. The Morgan fingerprint density at radius 1 is 1.36 bits per heavy atom. The van der Waals surface area contributed by atoms with Gasteiger partial charge in [-0.15, -0.1) is 0 Å². The molecule has 0 atom stereocenters. The van der Waals surface area contributed by atoms with Crippen LogP contribution in [0.3, 0.4) is 0 Å². The van der Waals surface area contributed by atoms with Gasteiger partial charge in [0.05, 0.1) is 11.9 Å². The summed E-state index contributed by atoms with van der Waals surface area (Å²) in [6, 6.07) is 3.98. The molecule has 132 valence electrons. The number of hydrogen-bond acceptors (Lipinski definition) is 4. The van der Waals surface area contributed by atoms with Crippen molar-refractivity contribution in [2.45, 2.75) is 6.42 Å². The van der Waals surface area contributed by atoms with E-state index in [1.54, 1.807) is 29.0 Å². The number of guanidine groups is 1. The van der Waals surface area contributed by atoms with Crippen molar-refractivity contribution in [2.24, 2.45) is 12.0 Å². The molecule has 1 amide bonds. The summed E-state index contributed by atoms with van der Waals surface area (Å²) in [5.41, 5.74) is 2.01. The van der Waals surface area contributed by atoms with Gasteiger partial charge in [-0.25, -0.2) is 0 Å². The van der Waals surface area contributed by atoms with Crippen LogP contribution in [0.2, 0.25) is 0 Å². The second-order valence-electron chi connectivity index (χ2n) is 5.92. The molecule has 0 aliphatic carbocycles. The molecule has 0 spiro atoms. The van der Waals surface area contributed by atoms with Crippen molar-refractivity contribution in [3.05, 3.63) is 42.5 Å². The lowest BCUT2D eigenvalue weighted by atomic mass is 10.2. The van der Waals surface area contributed by atoms with Crippen LogP contribution in [0.15, 0.2) is 41.9 Å². The number of carbonyl (C=O) groups excluding carboxylic acids is 1. The molecule has 8 heteroatoms. The third kappa shape index (κ3) is 4.14. The highest BCUT2D eigenvalue weighted by molar-refractivity contribution is 5.98. The smallest absolute Gasteiger partial charge is 0.246 e. The number of carbonyl (C=O) groups is 1. The Labute approximate surface area is 147 Å². The second kappa shape index (κ2) is 7.78. The first-order chi connectivity index (χ1) is 12.2. The van der Waals surface area contributed by atoms with Crippen LogP contribution in [-0.2, 0) is 18.3 Å². The molecule has 1 aliphatic rings. The topological polar surface area (TPSA) is 78.7 Å². The molecule has 3 rings (SSSR count). The molecule has 1 aliphatic heterocycles. The number of aliphatic imine (C=N–C) groups is 1. The second-order valence-corrected chi connectivity index (χ2v) is 5.92. The quantitative estimate of drug-likeness (QED) is 0.638. The fourth-order valence-corrected chi connectivity index (χ4v) is 2.87. The molecule has 0 aromatic carbocycles. The Balaban J connectivity index is 1.53. The summed E-state index contributed by atoms with van der Waals surface area (Å²) in [5.74, 6) is 0.803. The number of pyridine rings is 1. The van der Waals surface area contributed by atoms with Gasteiger partial charge in [0.15, 0.2) is 5.96 Å². The number of nitrogens with one attached hydrogen (secondary N) is 1. The minimum absolute atomic E-state index is 0.0504. The maximum Gasteiger partial charge on any atom is 0.246 e. The molecule has 1 fully saturated rings. The van der Waals surface area contributed by atoms with E-state index in [1.807, 2.05) is 36.5 Å². The van der Waals surface area contributed by atoms with Gasteiger partial charge in [0, 0.05) is 52.3 Å². The number of aromatic nitrogens is 3. The van der Waals surface area contributed by atoms with Gasteiger partial charge in [0.25, 0.3) is 0 Å². The zero-order valence-corrected chi connectivity index (χ0v) is 14.6. The summed E-state index contributed by atoms with van der Waals surface area (Å²) in [6.07, 6.45) is 8.06. The lowest BCUT2D eigenvalue weighted by molar-refractivity contribution is -0.120. The van der Waals surface area contributed by atoms with Crippen LogP contribution < -0.4 is 10.2 Å². The van der Waals surface area contributed by atoms with Crippen LogP contribution in [0.5, 0.6) is 0 Å². The molecule has 1 N–H and O–H groups in total. The molecule has 2 aromatic rings. The van der Waals surface area contributed by atoms with Crippen molar-refractivity contribution in [1.82, 2.24) is 25.0 Å². The fourth-order valence-electron chi connectivity index (χ4n) is 2.87. The standard InChI is InChI=1S/C17H23N7O/c1-18-17(20-7-5-14-4-3-6-19-10-14)23-8-9-24(16(25)13-23)15-11-21-22(2)12-15/h3-4,6,10-12H,5,7-9,13H2,1-2H3,(H,18,20). The summed E-state index contributed by atoms with van der Waals surface area (Å²) in [4.78, 5) is 24.7. The normalized spacial score (nSPS) is 15.6. The van der Waals surface area contributed by atoms with E-state index >= 15 is 0 Å². The zero-order valence-electron chi connectivity index (χ0n) is 14.6. The average Bonchev–Trinajstić information content (AvgIpc) is 3.05. The highest BCUT2D eigenvalue weighted by Crippen LogP contribution is 2.16. The number of amides is 1. The average molecular weight is 341 g/mol. The van der Waals surface area contributed by atoms with Crippen molar-refractivity contribution in [2.75, 3.05) is 38.1 Å². The Hall–Kier alpha value is -2.90. The SMILES string of the molecule is CN=C(NCCc1cccnc1)N1CCN(c2cnn(C)c2)C(=O)C1. The molecule has 1 saturated heterocycles. The Bertz CT molecular complexity index is 740. The van der Waals surface area contributed by atoms with E-state index in [0.29, 0.717) is 13.1 Å². The van der Waals surface area contributed by atoms with Crippen LogP contribution in [-0.4, -0.2) is 64.8 Å². The van der Waals surface area contributed by atoms with E-state index in [1.165, 1.54) is 5.56 Å². The summed E-state index contributed by atoms with van der Waals surface area (Å²) >= 11 is 0. The number of rotatable bonds is 4. The van der Waals surface area contributed by atoms with E-state index in [-0.39, 0.29) is 5.91 Å². The molecule has 0 saturated carbocycles. The van der Waals surface area contributed by atoms with Gasteiger partial charge in [-0.2, -0.15) is 5.10 Å². The predicted molar refractivity (Wildman–Crippen MR) is 96.4 cm³/mol. The molecule has 25 heavy (non-hydrogen) atoms. The van der Waals surface area contributed by atoms with Crippen molar-refractivity contribution in [3.63, 3.8) is 0 Å². The number of piperazine rings is 1. The molecular weight excluding hydrogens is 318 g/mol. The molecule has 0 bridgehead atoms. The number of nitrogens with zero attached hydrogens (tertiary/aromatic N) is 6. The van der Waals surface area contributed by atoms with Gasteiger partial charge in [0.2, 0.25) is 5.91 Å². The molecule has 0 unspecified atom stereocenters. The lowest BCUT2D eigenvalue weighted by Gasteiger charge is -2.35. The predicted octanol–water partition coefficient (Wildman–Crippen LogP) is 0.282. The largest absolute Gasteiger partial charge is 0.356 e. The van der Waals surface area contributed by atoms with Gasteiger partial charge in [-0.1, -0.05) is 6.07 Å². The molecule has 8 nitrogen and oxygen atoms in total. The molecule has 2 aromatic heterocycles. The minimum atomic E-state index is 0.0504. The third-order valence-electron chi connectivity index (χ3n) is 4.15. The van der Waals surface area contributed by atoms with Gasteiger partial charge < -0.3 is 15.1 Å². The van der Waals surface area contributed by atoms with E-state index in [0.717, 1.165) is 31.2 Å². The van der Waals surface area contributed by atoms with E-state index in [4.69, 9.17) is 0 Å². The van der Waals surface area contributed by atoms with Crippen molar-refractivity contribution in [3.8, 4) is 0 Å². The summed E-state index contributed by atoms with van der Waals surface area (Å²) < 4.78 is 1.70. The van der Waals surface area contributed by atoms with Crippen molar-refractivity contribution in [1.29, 1.82) is 0 Å².